The van der Waals surface area contributed by atoms with E-state index in [0.29, 0.717) is 5.92 Å². The molecule has 1 aliphatic rings. The van der Waals surface area contributed by atoms with Gasteiger partial charge in [0.2, 0.25) is 0 Å². The van der Waals surface area contributed by atoms with Crippen LogP contribution < -0.4 is 10.6 Å². The van der Waals surface area contributed by atoms with Gasteiger partial charge in [0, 0.05) is 45.9 Å². The first-order valence-electron chi connectivity index (χ1n) is 9.54. The molecule has 2 unspecified atom stereocenters. The highest BCUT2D eigenvalue weighted by molar-refractivity contribution is 5.79. The fourth-order valence-electron chi connectivity index (χ4n) is 3.19. The lowest BCUT2D eigenvalue weighted by atomic mass is 9.89. The van der Waals surface area contributed by atoms with Crippen LogP contribution in [-0.2, 0) is 9.47 Å². The maximum absolute atomic E-state index is 6.06. The molecule has 1 aromatic rings. The van der Waals surface area contributed by atoms with Crippen LogP contribution in [0.15, 0.2) is 35.3 Å². The molecule has 2 rings (SSSR count). The van der Waals surface area contributed by atoms with Crippen LogP contribution in [0.4, 0.5) is 0 Å². The summed E-state index contributed by atoms with van der Waals surface area (Å²) in [4.78, 5) is 4.33. The van der Waals surface area contributed by atoms with Crippen LogP contribution in [0.2, 0.25) is 0 Å². The molecule has 5 nitrogen and oxygen atoms in total. The second-order valence-corrected chi connectivity index (χ2v) is 6.39. The number of hydrogen-bond donors (Lipinski definition) is 2. The normalized spacial score (nSPS) is 21.1. The first kappa shape index (κ1) is 19.7. The molecule has 140 valence electrons. The lowest BCUT2D eigenvalue weighted by Crippen LogP contribution is -2.42. The molecule has 2 atom stereocenters. The minimum atomic E-state index is 0.173. The molecule has 0 radical (unpaired) electrons. The molecule has 1 saturated heterocycles. The molecule has 1 fully saturated rings. The summed E-state index contributed by atoms with van der Waals surface area (Å²) < 4.78 is 11.4. The standard InChI is InChI=1S/C20H33N3O2/c1-3-24-14-8-7-13-22-20(21-2)23-16-18-12-9-15-25-19(18)17-10-5-4-6-11-17/h4-6,10-11,18-19H,3,7-9,12-16H2,1-2H3,(H2,21,22,23). The molecule has 1 heterocycles. The minimum Gasteiger partial charge on any atom is -0.382 e. The van der Waals surface area contributed by atoms with Gasteiger partial charge in [-0.15, -0.1) is 0 Å². The van der Waals surface area contributed by atoms with Crippen molar-refractivity contribution in [2.45, 2.75) is 38.7 Å². The van der Waals surface area contributed by atoms with Crippen molar-refractivity contribution in [1.82, 2.24) is 10.6 Å². The second kappa shape index (κ2) is 11.9. The molecule has 0 spiro atoms. The molecule has 0 amide bonds. The molecule has 25 heavy (non-hydrogen) atoms. The third-order valence-corrected chi connectivity index (χ3v) is 4.54. The Kier molecular flexibility index (Phi) is 9.37. The highest BCUT2D eigenvalue weighted by atomic mass is 16.5. The Morgan fingerprint density at radius 2 is 2.08 bits per heavy atom. The first-order chi connectivity index (χ1) is 12.3. The van der Waals surface area contributed by atoms with Crippen LogP contribution in [0, 0.1) is 5.92 Å². The van der Waals surface area contributed by atoms with E-state index in [4.69, 9.17) is 9.47 Å². The molecule has 0 bridgehead atoms. The fourth-order valence-corrected chi connectivity index (χ4v) is 3.19. The van der Waals surface area contributed by atoms with Crippen LogP contribution in [0.1, 0.15) is 44.3 Å². The van der Waals surface area contributed by atoms with E-state index in [1.165, 1.54) is 12.0 Å². The monoisotopic (exact) mass is 347 g/mol. The van der Waals surface area contributed by atoms with E-state index in [2.05, 4.69) is 46.0 Å². The zero-order valence-corrected chi connectivity index (χ0v) is 15.7. The van der Waals surface area contributed by atoms with E-state index in [-0.39, 0.29) is 6.10 Å². The van der Waals surface area contributed by atoms with Crippen LogP contribution in [0.5, 0.6) is 0 Å². The Balaban J connectivity index is 1.75. The van der Waals surface area contributed by atoms with E-state index in [1.54, 1.807) is 0 Å². The van der Waals surface area contributed by atoms with E-state index in [9.17, 15) is 0 Å². The number of aliphatic imine (C=N–C) groups is 1. The predicted molar refractivity (Wildman–Crippen MR) is 103 cm³/mol. The van der Waals surface area contributed by atoms with Crippen LogP contribution >= 0.6 is 0 Å². The number of hydrogen-bond acceptors (Lipinski definition) is 3. The smallest absolute Gasteiger partial charge is 0.190 e. The van der Waals surface area contributed by atoms with Gasteiger partial charge in [-0.3, -0.25) is 4.99 Å². The SMILES string of the molecule is CCOCCCCNC(=NC)NCC1CCCOC1c1ccccc1. The van der Waals surface area contributed by atoms with Crippen molar-refractivity contribution in [2.24, 2.45) is 10.9 Å². The van der Waals surface area contributed by atoms with Gasteiger partial charge in [-0.25, -0.2) is 0 Å². The van der Waals surface area contributed by atoms with Crippen molar-refractivity contribution in [2.75, 3.05) is 40.0 Å². The molecule has 1 aromatic carbocycles. The van der Waals surface area contributed by atoms with Gasteiger partial charge in [0.1, 0.15) is 0 Å². The third-order valence-electron chi connectivity index (χ3n) is 4.54. The van der Waals surface area contributed by atoms with E-state index < -0.39 is 0 Å². The Labute approximate surface area is 152 Å². The maximum Gasteiger partial charge on any atom is 0.190 e. The topological polar surface area (TPSA) is 54.9 Å². The van der Waals surface area contributed by atoms with Crippen molar-refractivity contribution in [3.63, 3.8) is 0 Å². The third kappa shape index (κ3) is 7.04. The van der Waals surface area contributed by atoms with Crippen LogP contribution in [-0.4, -0.2) is 45.9 Å². The summed E-state index contributed by atoms with van der Waals surface area (Å²) in [6.07, 6.45) is 4.63. The number of ether oxygens (including phenoxy) is 2. The van der Waals surface area contributed by atoms with E-state index in [1.807, 2.05) is 14.0 Å². The van der Waals surface area contributed by atoms with Gasteiger partial charge >= 0.3 is 0 Å². The summed E-state index contributed by atoms with van der Waals surface area (Å²) >= 11 is 0. The van der Waals surface area contributed by atoms with Gasteiger partial charge < -0.3 is 20.1 Å². The van der Waals surface area contributed by atoms with Crippen LogP contribution in [0.25, 0.3) is 0 Å². The number of benzene rings is 1. The highest BCUT2D eigenvalue weighted by Gasteiger charge is 2.27. The van der Waals surface area contributed by atoms with Crippen molar-refractivity contribution in [3.05, 3.63) is 35.9 Å². The van der Waals surface area contributed by atoms with E-state index >= 15 is 0 Å². The molecule has 2 N–H and O–H groups in total. The highest BCUT2D eigenvalue weighted by Crippen LogP contribution is 2.32. The van der Waals surface area contributed by atoms with Crippen molar-refractivity contribution < 1.29 is 9.47 Å². The Morgan fingerprint density at radius 3 is 2.84 bits per heavy atom. The van der Waals surface area contributed by atoms with Gasteiger partial charge in [0.05, 0.1) is 6.10 Å². The fraction of sp³-hybridized carbons (Fsp3) is 0.650. The quantitative estimate of drug-likeness (QED) is 0.409. The molecular weight excluding hydrogens is 314 g/mol. The summed E-state index contributed by atoms with van der Waals surface area (Å²) in [5, 5.41) is 6.85. The lowest BCUT2D eigenvalue weighted by Gasteiger charge is -2.32. The number of nitrogens with one attached hydrogen (secondary N) is 2. The average Bonchev–Trinajstić information content (AvgIpc) is 2.68. The van der Waals surface area contributed by atoms with Gasteiger partial charge in [-0.1, -0.05) is 30.3 Å². The summed E-state index contributed by atoms with van der Waals surface area (Å²) in [6, 6.07) is 10.5. The zero-order chi connectivity index (χ0) is 17.7. The van der Waals surface area contributed by atoms with E-state index in [0.717, 1.165) is 58.1 Å². The zero-order valence-electron chi connectivity index (χ0n) is 15.7. The number of rotatable bonds is 9. The summed E-state index contributed by atoms with van der Waals surface area (Å²) in [7, 11) is 1.82. The molecule has 0 aliphatic carbocycles. The van der Waals surface area contributed by atoms with Gasteiger partial charge in [-0.05, 0) is 38.2 Å². The van der Waals surface area contributed by atoms with Crippen LogP contribution in [0.3, 0.4) is 0 Å². The lowest BCUT2D eigenvalue weighted by molar-refractivity contribution is -0.0265. The van der Waals surface area contributed by atoms with Crippen molar-refractivity contribution in [3.8, 4) is 0 Å². The second-order valence-electron chi connectivity index (χ2n) is 6.39. The molecule has 0 aromatic heterocycles. The number of nitrogens with zero attached hydrogens (tertiary/aromatic N) is 1. The molecule has 5 heteroatoms. The molecule has 0 saturated carbocycles. The predicted octanol–water partition coefficient (Wildman–Crippen LogP) is 3.14. The van der Waals surface area contributed by atoms with Crippen molar-refractivity contribution >= 4 is 5.96 Å². The summed E-state index contributed by atoms with van der Waals surface area (Å²) in [5.74, 6) is 1.33. The average molecular weight is 348 g/mol. The van der Waals surface area contributed by atoms with Crippen molar-refractivity contribution in [1.29, 1.82) is 0 Å². The summed E-state index contributed by atoms with van der Waals surface area (Å²) in [6.45, 7) is 6.30. The largest absolute Gasteiger partial charge is 0.382 e. The maximum atomic E-state index is 6.06. The molecule has 1 aliphatic heterocycles. The number of guanidine groups is 1. The Hall–Kier alpha value is -1.59. The Bertz CT molecular complexity index is 493. The van der Waals surface area contributed by atoms with Gasteiger partial charge in [0.25, 0.3) is 0 Å². The van der Waals surface area contributed by atoms with Gasteiger partial charge in [0.15, 0.2) is 5.96 Å². The Morgan fingerprint density at radius 1 is 1.24 bits per heavy atom. The van der Waals surface area contributed by atoms with Gasteiger partial charge in [-0.2, -0.15) is 0 Å². The minimum absolute atomic E-state index is 0.173. The number of unbranched alkanes of at least 4 members (excludes halogenated alkanes) is 1. The molecular formula is C20H33N3O2. The first-order valence-corrected chi connectivity index (χ1v) is 9.54. The summed E-state index contributed by atoms with van der Waals surface area (Å²) in [5.41, 5.74) is 1.27.